The van der Waals surface area contributed by atoms with Crippen molar-refractivity contribution in [1.82, 2.24) is 5.32 Å². The largest absolute Gasteiger partial charge is 0.312 e. The van der Waals surface area contributed by atoms with Crippen LogP contribution in [0.15, 0.2) is 0 Å². The molecule has 2 bridgehead atoms. The predicted octanol–water partition coefficient (Wildman–Crippen LogP) is 2.37. The van der Waals surface area contributed by atoms with Gasteiger partial charge >= 0.3 is 0 Å². The van der Waals surface area contributed by atoms with Crippen molar-refractivity contribution in [2.45, 2.75) is 64.2 Å². The average Bonchev–Trinajstić information content (AvgIpc) is 2.82. The molecule has 4 heteroatoms. The Bertz CT molecular complexity index is 471. The van der Waals surface area contributed by atoms with Crippen LogP contribution in [0.4, 0.5) is 0 Å². The maximum Gasteiger partial charge on any atom is 0.154 e. The molecule has 3 aliphatic rings. The number of sulfone groups is 1. The van der Waals surface area contributed by atoms with E-state index in [-0.39, 0.29) is 5.25 Å². The Morgan fingerprint density at radius 3 is 2.42 bits per heavy atom. The Kier molecular flexibility index (Phi) is 3.07. The maximum atomic E-state index is 11.9. The first-order chi connectivity index (χ1) is 8.77. The highest BCUT2D eigenvalue weighted by Gasteiger charge is 2.61. The molecule has 0 amide bonds. The van der Waals surface area contributed by atoms with Crippen molar-refractivity contribution in [2.24, 2.45) is 16.7 Å². The van der Waals surface area contributed by atoms with E-state index in [4.69, 9.17) is 0 Å². The minimum atomic E-state index is -2.80. The minimum absolute atomic E-state index is 0.127. The van der Waals surface area contributed by atoms with Crippen LogP contribution in [0.25, 0.3) is 0 Å². The van der Waals surface area contributed by atoms with E-state index in [2.05, 4.69) is 26.1 Å². The molecule has 2 aliphatic carbocycles. The van der Waals surface area contributed by atoms with Crippen LogP contribution in [-0.4, -0.2) is 32.0 Å². The fourth-order valence-corrected chi connectivity index (χ4v) is 6.65. The molecule has 0 aromatic rings. The molecule has 0 aromatic heterocycles. The first kappa shape index (κ1) is 13.9. The first-order valence-corrected chi connectivity index (χ1v) is 9.44. The third kappa shape index (κ3) is 1.90. The van der Waals surface area contributed by atoms with E-state index in [0.29, 0.717) is 29.2 Å². The van der Waals surface area contributed by atoms with E-state index < -0.39 is 9.84 Å². The van der Waals surface area contributed by atoms with Gasteiger partial charge in [0.1, 0.15) is 0 Å². The monoisotopic (exact) mass is 285 g/mol. The van der Waals surface area contributed by atoms with Crippen LogP contribution in [0.2, 0.25) is 0 Å². The fraction of sp³-hybridized carbons (Fsp3) is 1.00. The molecule has 1 N–H and O–H groups in total. The van der Waals surface area contributed by atoms with E-state index in [0.717, 1.165) is 18.8 Å². The van der Waals surface area contributed by atoms with Gasteiger partial charge in [0, 0.05) is 12.6 Å². The Balaban J connectivity index is 1.67. The lowest BCUT2D eigenvalue weighted by atomic mass is 9.69. The van der Waals surface area contributed by atoms with Gasteiger partial charge in [-0.2, -0.15) is 0 Å². The molecule has 4 unspecified atom stereocenters. The summed E-state index contributed by atoms with van der Waals surface area (Å²) in [5.74, 6) is 1.21. The molecular formula is C15H27NO2S. The van der Waals surface area contributed by atoms with Crippen LogP contribution in [0.3, 0.4) is 0 Å². The van der Waals surface area contributed by atoms with Crippen LogP contribution in [0.1, 0.15) is 52.9 Å². The highest BCUT2D eigenvalue weighted by atomic mass is 32.2. The topological polar surface area (TPSA) is 46.2 Å². The van der Waals surface area contributed by atoms with Gasteiger partial charge in [0.2, 0.25) is 0 Å². The minimum Gasteiger partial charge on any atom is -0.312 e. The second-order valence-corrected chi connectivity index (χ2v) is 10.1. The normalized spacial score (nSPS) is 46.8. The molecule has 3 nitrogen and oxygen atoms in total. The van der Waals surface area contributed by atoms with Gasteiger partial charge in [-0.3, -0.25) is 0 Å². The third-order valence-electron chi connectivity index (χ3n) is 6.85. The SMILES string of the molecule is CC1(C)C2CCC1(C)C(NCC1CCCS1(=O)=O)C2. The average molecular weight is 285 g/mol. The molecule has 3 fully saturated rings. The lowest BCUT2D eigenvalue weighted by Crippen LogP contribution is -2.47. The van der Waals surface area contributed by atoms with Gasteiger partial charge in [0.25, 0.3) is 0 Å². The molecule has 1 saturated heterocycles. The smallest absolute Gasteiger partial charge is 0.154 e. The van der Waals surface area contributed by atoms with E-state index in [9.17, 15) is 8.42 Å². The molecule has 4 atom stereocenters. The molecule has 19 heavy (non-hydrogen) atoms. The number of hydrogen-bond donors (Lipinski definition) is 1. The maximum absolute atomic E-state index is 11.9. The number of nitrogens with one attached hydrogen (secondary N) is 1. The lowest BCUT2D eigenvalue weighted by Gasteiger charge is -2.40. The molecule has 0 spiro atoms. The lowest BCUT2D eigenvalue weighted by molar-refractivity contribution is 0.121. The zero-order valence-corrected chi connectivity index (χ0v) is 13.2. The Morgan fingerprint density at radius 1 is 1.21 bits per heavy atom. The van der Waals surface area contributed by atoms with E-state index in [1.807, 2.05) is 0 Å². The van der Waals surface area contributed by atoms with Crippen LogP contribution >= 0.6 is 0 Å². The number of rotatable bonds is 3. The van der Waals surface area contributed by atoms with Gasteiger partial charge in [-0.25, -0.2) is 8.42 Å². The van der Waals surface area contributed by atoms with Gasteiger partial charge in [0.15, 0.2) is 9.84 Å². The zero-order valence-electron chi connectivity index (χ0n) is 12.4. The van der Waals surface area contributed by atoms with Crippen molar-refractivity contribution < 1.29 is 8.42 Å². The van der Waals surface area contributed by atoms with Crippen LogP contribution in [-0.2, 0) is 9.84 Å². The van der Waals surface area contributed by atoms with Crippen molar-refractivity contribution in [3.63, 3.8) is 0 Å². The second-order valence-electron chi connectivity index (χ2n) is 7.70. The third-order valence-corrected chi connectivity index (χ3v) is 9.12. The zero-order chi connectivity index (χ0) is 13.9. The summed E-state index contributed by atoms with van der Waals surface area (Å²) in [5.41, 5.74) is 0.749. The molecular weight excluding hydrogens is 258 g/mol. The summed E-state index contributed by atoms with van der Waals surface area (Å²) in [6, 6.07) is 0.511. The van der Waals surface area contributed by atoms with Crippen LogP contribution in [0, 0.1) is 16.7 Å². The van der Waals surface area contributed by atoms with E-state index in [1.54, 1.807) is 0 Å². The molecule has 0 radical (unpaired) electrons. The van der Waals surface area contributed by atoms with Gasteiger partial charge < -0.3 is 5.32 Å². The molecule has 110 valence electrons. The van der Waals surface area contributed by atoms with E-state index >= 15 is 0 Å². The Hall–Kier alpha value is -0.0900. The number of fused-ring (bicyclic) bond motifs is 2. The van der Waals surface area contributed by atoms with Gasteiger partial charge in [-0.05, 0) is 48.9 Å². The molecule has 1 aliphatic heterocycles. The van der Waals surface area contributed by atoms with Crippen LogP contribution < -0.4 is 5.32 Å². The summed E-state index contributed by atoms with van der Waals surface area (Å²) in [4.78, 5) is 0. The summed E-state index contributed by atoms with van der Waals surface area (Å²) in [6.45, 7) is 7.88. The fourth-order valence-electron chi connectivity index (χ4n) is 4.87. The molecule has 0 aromatic carbocycles. The summed E-state index contributed by atoms with van der Waals surface area (Å²) < 4.78 is 23.8. The van der Waals surface area contributed by atoms with Gasteiger partial charge in [-0.1, -0.05) is 20.8 Å². The second kappa shape index (κ2) is 4.20. The van der Waals surface area contributed by atoms with Crippen molar-refractivity contribution in [2.75, 3.05) is 12.3 Å². The first-order valence-electron chi connectivity index (χ1n) is 7.72. The van der Waals surface area contributed by atoms with Crippen molar-refractivity contribution in [3.05, 3.63) is 0 Å². The predicted molar refractivity (Wildman–Crippen MR) is 77.8 cm³/mol. The quantitative estimate of drug-likeness (QED) is 0.866. The Labute approximate surface area is 117 Å². The highest BCUT2D eigenvalue weighted by molar-refractivity contribution is 7.92. The van der Waals surface area contributed by atoms with Crippen molar-refractivity contribution >= 4 is 9.84 Å². The molecule has 1 heterocycles. The summed E-state index contributed by atoms with van der Waals surface area (Å²) in [7, 11) is -2.80. The number of hydrogen-bond acceptors (Lipinski definition) is 3. The highest BCUT2D eigenvalue weighted by Crippen LogP contribution is 2.65. The summed E-state index contributed by atoms with van der Waals surface area (Å²) >= 11 is 0. The molecule has 2 saturated carbocycles. The van der Waals surface area contributed by atoms with Crippen molar-refractivity contribution in [3.8, 4) is 0 Å². The van der Waals surface area contributed by atoms with Crippen molar-refractivity contribution in [1.29, 1.82) is 0 Å². The standard InChI is InChI=1S/C15H27NO2S/c1-14(2)11-6-7-15(14,3)13(9-11)16-10-12-5-4-8-19(12,17)18/h11-13,16H,4-10H2,1-3H3. The molecule has 3 rings (SSSR count). The summed E-state index contributed by atoms with van der Waals surface area (Å²) in [5, 5.41) is 3.50. The Morgan fingerprint density at radius 2 is 1.95 bits per heavy atom. The van der Waals surface area contributed by atoms with Crippen LogP contribution in [0.5, 0.6) is 0 Å². The summed E-state index contributed by atoms with van der Waals surface area (Å²) in [6.07, 6.45) is 5.58. The van der Waals surface area contributed by atoms with E-state index in [1.165, 1.54) is 19.3 Å². The van der Waals surface area contributed by atoms with Gasteiger partial charge in [-0.15, -0.1) is 0 Å². The van der Waals surface area contributed by atoms with Gasteiger partial charge in [0.05, 0.1) is 11.0 Å².